The zero-order valence-corrected chi connectivity index (χ0v) is 29.1. The molecule has 1 unspecified atom stereocenters. The van der Waals surface area contributed by atoms with Crippen LogP contribution in [0.2, 0.25) is 0 Å². The molecule has 4 heteroatoms. The van der Waals surface area contributed by atoms with Gasteiger partial charge in [0.15, 0.2) is 0 Å². The molecule has 4 heterocycles. The van der Waals surface area contributed by atoms with E-state index in [1.54, 1.807) is 0 Å². The molecule has 0 amide bonds. The summed E-state index contributed by atoms with van der Waals surface area (Å²) in [6, 6.07) is 62.5. The maximum absolute atomic E-state index is 4.08. The number of rotatable bonds is 2. The fourth-order valence-corrected chi connectivity index (χ4v) is 9.82. The van der Waals surface area contributed by atoms with Gasteiger partial charge >= 0.3 is 6.29 Å². The minimum Gasteiger partial charge on any atom is -0.309 e. The number of benzene rings is 9. The van der Waals surface area contributed by atoms with Crippen LogP contribution in [0.4, 0.5) is 5.69 Å². The van der Waals surface area contributed by atoms with Gasteiger partial charge in [-0.15, -0.1) is 0 Å². The number of anilines is 1. The highest BCUT2D eigenvalue weighted by Gasteiger charge is 2.33. The van der Waals surface area contributed by atoms with Crippen molar-refractivity contribution >= 4 is 104 Å². The summed E-state index contributed by atoms with van der Waals surface area (Å²) in [4.78, 5) is 4.08. The predicted octanol–water partition coefficient (Wildman–Crippen LogP) is 10.9. The lowest BCUT2D eigenvalue weighted by atomic mass is 9.97. The fraction of sp³-hybridized carbons (Fsp3) is 0.0200. The van der Waals surface area contributed by atoms with Crippen molar-refractivity contribution in [2.45, 2.75) is 6.29 Å². The molecule has 0 fully saturated rings. The van der Waals surface area contributed by atoms with Gasteiger partial charge in [0.05, 0.1) is 38.8 Å². The molecule has 0 radical (unpaired) electrons. The Morgan fingerprint density at radius 3 is 1.89 bits per heavy atom. The first-order valence-electron chi connectivity index (χ1n) is 18.7. The first-order chi connectivity index (χ1) is 26.8. The van der Waals surface area contributed by atoms with Gasteiger partial charge in [0, 0.05) is 37.9 Å². The summed E-state index contributed by atoms with van der Waals surface area (Å²) < 4.78 is 5.12. The highest BCUT2D eigenvalue weighted by molar-refractivity contribution is 6.38. The lowest BCUT2D eigenvalue weighted by molar-refractivity contribution is -0.520. The SMILES string of the molecule is c1ccc2c(c1)NC(n1c3ccccc3c3c4ccccc4c4c5cccc6c7cc8ccccc8cc7n(c65)c4c31)[NH+]=C2c1ccc2ccccc2c1. The highest BCUT2D eigenvalue weighted by atomic mass is 15.3. The third-order valence-corrected chi connectivity index (χ3v) is 12.1. The Balaban J connectivity index is 1.23. The number of hydrogen-bond donors (Lipinski definition) is 2. The third kappa shape index (κ3) is 3.59. The molecule has 0 spiro atoms. The smallest absolute Gasteiger partial charge is 0.309 e. The Morgan fingerprint density at radius 1 is 0.426 bits per heavy atom. The van der Waals surface area contributed by atoms with Crippen molar-refractivity contribution in [2.75, 3.05) is 5.32 Å². The molecule has 0 bridgehead atoms. The van der Waals surface area contributed by atoms with E-state index in [9.17, 15) is 0 Å². The van der Waals surface area contributed by atoms with Crippen molar-refractivity contribution < 1.29 is 4.99 Å². The summed E-state index contributed by atoms with van der Waals surface area (Å²) >= 11 is 0. The van der Waals surface area contributed by atoms with Crippen molar-refractivity contribution in [1.82, 2.24) is 8.97 Å². The Labute approximate surface area is 309 Å². The normalized spacial score (nSPS) is 14.7. The fourth-order valence-electron chi connectivity index (χ4n) is 9.82. The van der Waals surface area contributed by atoms with E-state index < -0.39 is 0 Å². The molecule has 12 aromatic rings. The first kappa shape index (κ1) is 28.4. The quantitative estimate of drug-likeness (QED) is 0.186. The molecule has 1 aliphatic rings. The van der Waals surface area contributed by atoms with Crippen LogP contribution in [-0.2, 0) is 0 Å². The topological polar surface area (TPSA) is 35.3 Å². The van der Waals surface area contributed by atoms with Crippen LogP contribution in [0.25, 0.3) is 92.2 Å². The average Bonchev–Trinajstić information content (AvgIpc) is 3.88. The first-order valence-corrected chi connectivity index (χ1v) is 18.7. The van der Waals surface area contributed by atoms with Gasteiger partial charge in [-0.1, -0.05) is 127 Å². The predicted molar refractivity (Wildman–Crippen MR) is 226 cm³/mol. The highest BCUT2D eigenvalue weighted by Crippen LogP contribution is 2.48. The molecule has 13 rings (SSSR count). The molecule has 3 aromatic heterocycles. The van der Waals surface area contributed by atoms with E-state index in [0.717, 1.165) is 17.0 Å². The largest absolute Gasteiger partial charge is 0.312 e. The van der Waals surface area contributed by atoms with Crippen molar-refractivity contribution in [3.8, 4) is 0 Å². The molecule has 1 aliphatic heterocycles. The van der Waals surface area contributed by atoms with Gasteiger partial charge in [0.2, 0.25) is 5.71 Å². The molecule has 4 nitrogen and oxygen atoms in total. The van der Waals surface area contributed by atoms with E-state index >= 15 is 0 Å². The van der Waals surface area contributed by atoms with Crippen molar-refractivity contribution in [1.29, 1.82) is 0 Å². The van der Waals surface area contributed by atoms with Crippen molar-refractivity contribution in [3.05, 3.63) is 181 Å². The molecule has 54 heavy (non-hydrogen) atoms. The van der Waals surface area contributed by atoms with Crippen LogP contribution < -0.4 is 10.3 Å². The van der Waals surface area contributed by atoms with E-state index in [0.29, 0.717) is 0 Å². The Bertz CT molecular complexity index is 3600. The summed E-state index contributed by atoms with van der Waals surface area (Å²) in [6.45, 7) is 0. The van der Waals surface area contributed by atoms with Crippen LogP contribution in [0.1, 0.15) is 17.4 Å². The number of hydrogen-bond acceptors (Lipinski definition) is 1. The summed E-state index contributed by atoms with van der Waals surface area (Å²) in [5, 5.41) is 19.2. The van der Waals surface area contributed by atoms with Gasteiger partial charge in [-0.3, -0.25) is 4.57 Å². The van der Waals surface area contributed by atoms with Crippen LogP contribution in [-0.4, -0.2) is 14.7 Å². The van der Waals surface area contributed by atoms with Crippen LogP contribution in [0.5, 0.6) is 0 Å². The standard InChI is InChI=1S/C50H30N4/c1-2-13-30-26-33(25-24-29(30)12-1)46-37-18-7-9-22-41(37)51-50(52-46)54-42-23-10-8-19-38(42)44-34-16-5-6-17-35(34)45-39-21-11-20-36-40-27-31-14-3-4-15-32(31)28-43(40)53(47(36)39)48(45)49(44)54/h1-28,50-51H/p+1. The maximum atomic E-state index is 4.08. The molecule has 0 saturated carbocycles. The number of fused-ring (bicyclic) bond motifs is 16. The van der Waals surface area contributed by atoms with Gasteiger partial charge in [0.25, 0.3) is 0 Å². The van der Waals surface area contributed by atoms with Gasteiger partial charge in [-0.05, 0) is 74.8 Å². The van der Waals surface area contributed by atoms with Crippen LogP contribution in [0, 0.1) is 0 Å². The number of aromatic nitrogens is 2. The van der Waals surface area contributed by atoms with E-state index in [1.165, 1.54) is 97.8 Å². The molecule has 0 saturated heterocycles. The Hall–Kier alpha value is -7.17. The van der Waals surface area contributed by atoms with E-state index in [2.05, 4.69) is 189 Å². The van der Waals surface area contributed by atoms with Gasteiger partial charge in [-0.2, -0.15) is 0 Å². The van der Waals surface area contributed by atoms with Crippen LogP contribution in [0.3, 0.4) is 0 Å². The molecule has 9 aromatic carbocycles. The van der Waals surface area contributed by atoms with Crippen molar-refractivity contribution in [3.63, 3.8) is 0 Å². The molecule has 250 valence electrons. The maximum Gasteiger partial charge on any atom is 0.312 e. The summed E-state index contributed by atoms with van der Waals surface area (Å²) in [5.41, 5.74) is 10.7. The monoisotopic (exact) mass is 687 g/mol. The molecular formula is C50H31N4+. The van der Waals surface area contributed by atoms with Crippen LogP contribution >= 0.6 is 0 Å². The summed E-state index contributed by atoms with van der Waals surface area (Å²) in [7, 11) is 0. The molecule has 2 N–H and O–H groups in total. The van der Waals surface area contributed by atoms with Crippen molar-refractivity contribution in [2.24, 2.45) is 0 Å². The van der Waals surface area contributed by atoms with E-state index in [-0.39, 0.29) is 6.29 Å². The van der Waals surface area contributed by atoms with Gasteiger partial charge in [0.1, 0.15) is 0 Å². The van der Waals surface area contributed by atoms with Gasteiger partial charge < -0.3 is 9.72 Å². The number of nitrogens with zero attached hydrogens (tertiary/aromatic N) is 2. The number of para-hydroxylation sites is 3. The molecule has 0 aliphatic carbocycles. The number of nitrogens with one attached hydrogen (secondary N) is 2. The Morgan fingerprint density at radius 2 is 1.06 bits per heavy atom. The molecular weight excluding hydrogens is 657 g/mol. The molecule has 1 atom stereocenters. The minimum absolute atomic E-state index is 0.282. The van der Waals surface area contributed by atoms with Gasteiger partial charge in [-0.25, -0.2) is 4.99 Å². The van der Waals surface area contributed by atoms with Crippen LogP contribution in [0.15, 0.2) is 170 Å². The summed E-state index contributed by atoms with van der Waals surface area (Å²) in [6.07, 6.45) is -0.282. The lowest BCUT2D eigenvalue weighted by Gasteiger charge is -2.23. The second-order valence-corrected chi connectivity index (χ2v) is 14.8. The van der Waals surface area contributed by atoms with E-state index in [4.69, 9.17) is 0 Å². The third-order valence-electron chi connectivity index (χ3n) is 12.1. The lowest BCUT2D eigenvalue weighted by Crippen LogP contribution is -2.80. The minimum atomic E-state index is -0.282. The zero-order valence-electron chi connectivity index (χ0n) is 29.1. The summed E-state index contributed by atoms with van der Waals surface area (Å²) in [5.74, 6) is 0. The second-order valence-electron chi connectivity index (χ2n) is 14.8. The Kier molecular flexibility index (Phi) is 5.39. The second kappa shape index (κ2) is 10.2. The van der Waals surface area contributed by atoms with E-state index in [1.807, 2.05) is 0 Å². The average molecular weight is 688 g/mol. The zero-order chi connectivity index (χ0) is 35.1.